The molecule has 2 aromatic carbocycles. The molecule has 154 valence electrons. The van der Waals surface area contributed by atoms with Gasteiger partial charge in [0.1, 0.15) is 0 Å². The van der Waals surface area contributed by atoms with E-state index in [1.165, 1.54) is 0 Å². The lowest BCUT2D eigenvalue weighted by molar-refractivity contribution is -0.133. The van der Waals surface area contributed by atoms with Gasteiger partial charge >= 0.3 is 0 Å². The lowest BCUT2D eigenvalue weighted by Gasteiger charge is -2.34. The minimum atomic E-state index is -0.287. The number of aryl methyl sites for hydroxylation is 2. The second-order valence-corrected chi connectivity index (χ2v) is 7.69. The van der Waals surface area contributed by atoms with Crippen LogP contribution in [-0.4, -0.2) is 54.3 Å². The third-order valence-electron chi connectivity index (χ3n) is 5.46. The molecule has 6 heteroatoms. The third-order valence-corrected chi connectivity index (χ3v) is 5.46. The molecule has 0 spiro atoms. The van der Waals surface area contributed by atoms with Gasteiger partial charge < -0.3 is 16.0 Å². The molecule has 2 amide bonds. The molecule has 2 aromatic rings. The van der Waals surface area contributed by atoms with Crippen LogP contribution in [0.2, 0.25) is 0 Å². The van der Waals surface area contributed by atoms with E-state index in [1.54, 1.807) is 0 Å². The van der Waals surface area contributed by atoms with E-state index in [0.29, 0.717) is 39.1 Å². The van der Waals surface area contributed by atoms with Crippen LogP contribution in [0.4, 0.5) is 5.69 Å². The highest BCUT2D eigenvalue weighted by Crippen LogP contribution is 2.19. The summed E-state index contributed by atoms with van der Waals surface area (Å²) in [6, 6.07) is 15.4. The van der Waals surface area contributed by atoms with Crippen molar-refractivity contribution in [2.75, 3.05) is 38.0 Å². The Kier molecular flexibility index (Phi) is 7.01. The Hall–Kier alpha value is -2.70. The molecule has 1 atom stereocenters. The molecular weight excluding hydrogens is 364 g/mol. The summed E-state index contributed by atoms with van der Waals surface area (Å²) in [7, 11) is 0. The van der Waals surface area contributed by atoms with Gasteiger partial charge in [-0.1, -0.05) is 48.5 Å². The number of anilines is 1. The van der Waals surface area contributed by atoms with E-state index in [4.69, 9.17) is 5.73 Å². The fourth-order valence-corrected chi connectivity index (χ4v) is 3.68. The molecular formula is C23H30N4O2. The van der Waals surface area contributed by atoms with Crippen LogP contribution < -0.4 is 11.1 Å². The molecule has 0 saturated carbocycles. The monoisotopic (exact) mass is 394 g/mol. The van der Waals surface area contributed by atoms with E-state index in [9.17, 15) is 9.59 Å². The number of piperazine rings is 1. The Labute approximate surface area is 172 Å². The minimum absolute atomic E-state index is 0.0201. The summed E-state index contributed by atoms with van der Waals surface area (Å²) in [5.41, 5.74) is 10.2. The Morgan fingerprint density at radius 1 is 0.966 bits per heavy atom. The largest absolute Gasteiger partial charge is 0.340 e. The molecule has 29 heavy (non-hydrogen) atoms. The number of nitrogens with one attached hydrogen (secondary N) is 1. The van der Waals surface area contributed by atoms with Crippen LogP contribution >= 0.6 is 0 Å². The van der Waals surface area contributed by atoms with Gasteiger partial charge in [0.15, 0.2) is 0 Å². The average molecular weight is 395 g/mol. The summed E-state index contributed by atoms with van der Waals surface area (Å²) in [5.74, 6) is 0.0502. The highest BCUT2D eigenvalue weighted by molar-refractivity contribution is 5.93. The first-order valence-corrected chi connectivity index (χ1v) is 10.1. The van der Waals surface area contributed by atoms with Crippen LogP contribution in [0.3, 0.4) is 0 Å². The van der Waals surface area contributed by atoms with Crippen LogP contribution in [0, 0.1) is 13.8 Å². The molecule has 0 bridgehead atoms. The number of carbonyl (C=O) groups is 2. The number of amides is 2. The van der Waals surface area contributed by atoms with Gasteiger partial charge in [-0.2, -0.15) is 0 Å². The number of benzene rings is 2. The van der Waals surface area contributed by atoms with Gasteiger partial charge in [-0.3, -0.25) is 14.5 Å². The molecule has 0 aromatic heterocycles. The highest BCUT2D eigenvalue weighted by Gasteiger charge is 2.24. The van der Waals surface area contributed by atoms with Crippen molar-refractivity contribution in [1.82, 2.24) is 9.80 Å². The SMILES string of the molecule is Cc1cccc(C)c1NC(=O)CN1CCN(C(=O)CC(N)c2ccccc2)CC1. The molecule has 3 N–H and O–H groups in total. The molecule has 3 rings (SSSR count). The zero-order valence-electron chi connectivity index (χ0n) is 17.2. The van der Waals surface area contributed by atoms with Crippen LogP contribution in [-0.2, 0) is 9.59 Å². The maximum Gasteiger partial charge on any atom is 0.238 e. The Morgan fingerprint density at radius 3 is 2.21 bits per heavy atom. The Balaban J connectivity index is 1.45. The topological polar surface area (TPSA) is 78.7 Å². The summed E-state index contributed by atoms with van der Waals surface area (Å²) in [6.45, 7) is 6.94. The lowest BCUT2D eigenvalue weighted by atomic mass is 10.0. The smallest absolute Gasteiger partial charge is 0.238 e. The van der Waals surface area contributed by atoms with E-state index < -0.39 is 0 Å². The average Bonchev–Trinajstić information content (AvgIpc) is 2.72. The van der Waals surface area contributed by atoms with E-state index >= 15 is 0 Å². The molecule has 1 unspecified atom stereocenters. The summed E-state index contributed by atoms with van der Waals surface area (Å²) < 4.78 is 0. The Bertz CT molecular complexity index is 825. The summed E-state index contributed by atoms with van der Waals surface area (Å²) in [6.07, 6.45) is 0.303. The van der Waals surface area contributed by atoms with Gasteiger partial charge in [-0.05, 0) is 30.5 Å². The van der Waals surface area contributed by atoms with Crippen molar-refractivity contribution in [3.8, 4) is 0 Å². The molecule has 6 nitrogen and oxygen atoms in total. The van der Waals surface area contributed by atoms with Crippen LogP contribution in [0.5, 0.6) is 0 Å². The second-order valence-electron chi connectivity index (χ2n) is 7.69. The maximum atomic E-state index is 12.6. The van der Waals surface area contributed by atoms with Crippen LogP contribution in [0.25, 0.3) is 0 Å². The van der Waals surface area contributed by atoms with Crippen molar-refractivity contribution in [1.29, 1.82) is 0 Å². The van der Waals surface area contributed by atoms with E-state index in [-0.39, 0.29) is 17.9 Å². The molecule has 1 fully saturated rings. The van der Waals surface area contributed by atoms with Crippen molar-refractivity contribution in [3.05, 3.63) is 65.2 Å². The van der Waals surface area contributed by atoms with Crippen molar-refractivity contribution >= 4 is 17.5 Å². The highest BCUT2D eigenvalue weighted by atomic mass is 16.2. The first kappa shape index (κ1) is 21.0. The van der Waals surface area contributed by atoms with E-state index in [1.807, 2.05) is 67.3 Å². The number of hydrogen-bond donors (Lipinski definition) is 2. The van der Waals surface area contributed by atoms with Crippen LogP contribution in [0.1, 0.15) is 29.2 Å². The fraction of sp³-hybridized carbons (Fsp3) is 0.391. The summed E-state index contributed by atoms with van der Waals surface area (Å²) >= 11 is 0. The van der Waals surface area contributed by atoms with Crippen molar-refractivity contribution in [2.45, 2.75) is 26.3 Å². The molecule has 1 aliphatic rings. The predicted molar refractivity (Wildman–Crippen MR) is 116 cm³/mol. The summed E-state index contributed by atoms with van der Waals surface area (Å²) in [4.78, 5) is 29.0. The van der Waals surface area contributed by atoms with E-state index in [0.717, 1.165) is 22.4 Å². The number of nitrogens with two attached hydrogens (primary N) is 1. The predicted octanol–water partition coefficient (Wildman–Crippen LogP) is 2.48. The molecule has 0 radical (unpaired) electrons. The fourth-order valence-electron chi connectivity index (χ4n) is 3.68. The minimum Gasteiger partial charge on any atom is -0.340 e. The third kappa shape index (κ3) is 5.65. The summed E-state index contributed by atoms with van der Waals surface area (Å²) in [5, 5.41) is 3.03. The number of rotatable bonds is 6. The van der Waals surface area contributed by atoms with Gasteiger partial charge in [0.25, 0.3) is 0 Å². The molecule has 1 saturated heterocycles. The van der Waals surface area contributed by atoms with Gasteiger partial charge in [-0.25, -0.2) is 0 Å². The van der Waals surface area contributed by atoms with Gasteiger partial charge in [-0.15, -0.1) is 0 Å². The van der Waals surface area contributed by atoms with E-state index in [2.05, 4.69) is 10.2 Å². The van der Waals surface area contributed by atoms with Crippen LogP contribution in [0.15, 0.2) is 48.5 Å². The molecule has 0 aliphatic carbocycles. The first-order chi connectivity index (χ1) is 13.9. The normalized spacial score (nSPS) is 15.8. The first-order valence-electron chi connectivity index (χ1n) is 10.1. The second kappa shape index (κ2) is 9.67. The Morgan fingerprint density at radius 2 is 1.59 bits per heavy atom. The van der Waals surface area contributed by atoms with Crippen molar-refractivity contribution < 1.29 is 9.59 Å². The van der Waals surface area contributed by atoms with Gasteiger partial charge in [0.2, 0.25) is 11.8 Å². The van der Waals surface area contributed by atoms with Crippen molar-refractivity contribution in [2.24, 2.45) is 5.73 Å². The molecule has 1 heterocycles. The van der Waals surface area contributed by atoms with Gasteiger partial charge in [0.05, 0.1) is 6.54 Å². The van der Waals surface area contributed by atoms with Gasteiger partial charge in [0, 0.05) is 44.3 Å². The number of para-hydroxylation sites is 1. The number of nitrogens with zero attached hydrogens (tertiary/aromatic N) is 2. The number of carbonyl (C=O) groups excluding carboxylic acids is 2. The molecule has 1 aliphatic heterocycles. The lowest BCUT2D eigenvalue weighted by Crippen LogP contribution is -2.50. The zero-order valence-corrected chi connectivity index (χ0v) is 17.2. The standard InChI is InChI=1S/C23H30N4O2/c1-17-7-6-8-18(2)23(17)25-21(28)16-26-11-13-27(14-12-26)22(29)15-20(24)19-9-4-3-5-10-19/h3-10,20H,11-16,24H2,1-2H3,(H,25,28). The number of hydrogen-bond acceptors (Lipinski definition) is 4. The quantitative estimate of drug-likeness (QED) is 0.789. The maximum absolute atomic E-state index is 12.6. The van der Waals surface area contributed by atoms with Crippen molar-refractivity contribution in [3.63, 3.8) is 0 Å². The zero-order chi connectivity index (χ0) is 20.8.